The Labute approximate surface area is 111 Å². The lowest BCUT2D eigenvalue weighted by atomic mass is 10.00. The van der Waals surface area contributed by atoms with E-state index in [9.17, 15) is 17.6 Å². The lowest BCUT2D eigenvalue weighted by Crippen LogP contribution is -2.17. The first-order valence-corrected chi connectivity index (χ1v) is 5.45. The molecule has 20 heavy (non-hydrogen) atoms. The Bertz CT molecular complexity index is 674. The third-order valence-corrected chi connectivity index (χ3v) is 2.48. The number of alkyl halides is 3. The van der Waals surface area contributed by atoms with Crippen molar-refractivity contribution in [3.05, 3.63) is 53.8 Å². The average Bonchev–Trinajstić information content (AvgIpc) is 2.37. The molecule has 2 aromatic carbocycles. The summed E-state index contributed by atoms with van der Waals surface area (Å²) in [5, 5.41) is 8.97. The summed E-state index contributed by atoms with van der Waals surface area (Å²) >= 11 is 0. The van der Waals surface area contributed by atoms with Gasteiger partial charge in [0.2, 0.25) is 0 Å². The topological polar surface area (TPSA) is 33.0 Å². The highest BCUT2D eigenvalue weighted by atomic mass is 19.4. The van der Waals surface area contributed by atoms with Gasteiger partial charge in [0.15, 0.2) is 0 Å². The molecule has 0 aliphatic carbocycles. The zero-order chi connectivity index (χ0) is 14.8. The van der Waals surface area contributed by atoms with Gasteiger partial charge in [-0.2, -0.15) is 5.26 Å². The molecule has 2 nitrogen and oxygen atoms in total. The van der Waals surface area contributed by atoms with E-state index in [4.69, 9.17) is 5.26 Å². The second-order valence-corrected chi connectivity index (χ2v) is 3.88. The molecule has 6 heteroatoms. The number of nitriles is 1. The van der Waals surface area contributed by atoms with E-state index in [1.54, 1.807) is 0 Å². The summed E-state index contributed by atoms with van der Waals surface area (Å²) in [5.41, 5.74) is 0.605. The molecule has 0 atom stereocenters. The van der Waals surface area contributed by atoms with Gasteiger partial charge < -0.3 is 4.74 Å². The van der Waals surface area contributed by atoms with Crippen LogP contribution in [0.4, 0.5) is 17.6 Å². The molecule has 0 aliphatic heterocycles. The van der Waals surface area contributed by atoms with Gasteiger partial charge in [0, 0.05) is 5.56 Å². The predicted molar refractivity (Wildman–Crippen MR) is 63.2 cm³/mol. The number of nitrogens with zero attached hydrogens (tertiary/aromatic N) is 1. The molecule has 0 unspecified atom stereocenters. The zero-order valence-electron chi connectivity index (χ0n) is 9.91. The summed E-state index contributed by atoms with van der Waals surface area (Å²) in [7, 11) is 0. The Morgan fingerprint density at radius 1 is 1.05 bits per heavy atom. The van der Waals surface area contributed by atoms with Crippen molar-refractivity contribution in [2.45, 2.75) is 6.36 Å². The summed E-state index contributed by atoms with van der Waals surface area (Å²) in [5.74, 6) is -1.01. The minimum absolute atomic E-state index is 0.130. The number of hydrogen-bond donors (Lipinski definition) is 0. The Balaban J connectivity index is 2.50. The van der Waals surface area contributed by atoms with Crippen LogP contribution in [0.2, 0.25) is 0 Å². The van der Waals surface area contributed by atoms with E-state index in [1.165, 1.54) is 24.3 Å². The molecule has 0 saturated heterocycles. The summed E-state index contributed by atoms with van der Waals surface area (Å²) in [6.45, 7) is 0. The smallest absolute Gasteiger partial charge is 0.406 e. The maximum Gasteiger partial charge on any atom is 0.573 e. The lowest BCUT2D eigenvalue weighted by Gasteiger charge is -2.11. The molecule has 2 rings (SSSR count). The van der Waals surface area contributed by atoms with Crippen LogP contribution in [0.3, 0.4) is 0 Å². The normalized spacial score (nSPS) is 10.9. The summed E-state index contributed by atoms with van der Waals surface area (Å²) in [6.07, 6.45) is -4.83. The van der Waals surface area contributed by atoms with Crippen LogP contribution < -0.4 is 4.74 Å². The third kappa shape index (κ3) is 3.26. The quantitative estimate of drug-likeness (QED) is 0.770. The highest BCUT2D eigenvalue weighted by Crippen LogP contribution is 2.30. The molecule has 102 valence electrons. The number of hydrogen-bond acceptors (Lipinski definition) is 2. The SMILES string of the molecule is N#Cc1ccc(OC(F)(F)F)cc1-c1cccc(F)c1. The monoisotopic (exact) mass is 281 g/mol. The van der Waals surface area contributed by atoms with E-state index in [0.717, 1.165) is 18.2 Å². The van der Waals surface area contributed by atoms with Gasteiger partial charge in [0.05, 0.1) is 11.6 Å². The Morgan fingerprint density at radius 3 is 2.40 bits per heavy atom. The standard InChI is InChI=1S/C14H7F4NO/c15-11-3-1-2-9(6-11)13-7-12(20-14(16,17)18)5-4-10(13)8-19/h1-7H. The molecule has 0 aromatic heterocycles. The molecule has 0 radical (unpaired) electrons. The molecule has 0 heterocycles. The van der Waals surface area contributed by atoms with Crippen molar-refractivity contribution >= 4 is 0 Å². The van der Waals surface area contributed by atoms with Gasteiger partial charge in [-0.1, -0.05) is 12.1 Å². The zero-order valence-corrected chi connectivity index (χ0v) is 9.91. The van der Waals surface area contributed by atoms with Crippen LogP contribution in [0, 0.1) is 17.1 Å². The van der Waals surface area contributed by atoms with Crippen LogP contribution in [0.1, 0.15) is 5.56 Å². The first kappa shape index (κ1) is 13.9. The van der Waals surface area contributed by atoms with Gasteiger partial charge in [0.1, 0.15) is 11.6 Å². The third-order valence-electron chi connectivity index (χ3n) is 2.48. The number of benzene rings is 2. The van der Waals surface area contributed by atoms with Crippen molar-refractivity contribution in [3.63, 3.8) is 0 Å². The van der Waals surface area contributed by atoms with Crippen LogP contribution in [0.5, 0.6) is 5.75 Å². The highest BCUT2D eigenvalue weighted by molar-refractivity contribution is 5.72. The largest absolute Gasteiger partial charge is 0.573 e. The Hall–Kier alpha value is -2.55. The van der Waals surface area contributed by atoms with E-state index < -0.39 is 17.9 Å². The molecule has 0 spiro atoms. The van der Waals surface area contributed by atoms with Crippen molar-refractivity contribution in [1.82, 2.24) is 0 Å². The minimum Gasteiger partial charge on any atom is -0.406 e. The van der Waals surface area contributed by atoms with E-state index in [-0.39, 0.29) is 11.1 Å². The average molecular weight is 281 g/mol. The molecule has 0 bridgehead atoms. The van der Waals surface area contributed by atoms with Gasteiger partial charge in [-0.3, -0.25) is 0 Å². The first-order chi connectivity index (χ1) is 9.39. The van der Waals surface area contributed by atoms with E-state index >= 15 is 0 Å². The van der Waals surface area contributed by atoms with E-state index in [2.05, 4.69) is 4.74 Å². The summed E-state index contributed by atoms with van der Waals surface area (Å²) < 4.78 is 53.5. The summed E-state index contributed by atoms with van der Waals surface area (Å²) in [4.78, 5) is 0. The fraction of sp³-hybridized carbons (Fsp3) is 0.0714. The summed E-state index contributed by atoms with van der Waals surface area (Å²) in [6, 6.07) is 10.4. The lowest BCUT2D eigenvalue weighted by molar-refractivity contribution is -0.274. The van der Waals surface area contributed by atoms with Crippen LogP contribution in [0.25, 0.3) is 11.1 Å². The Kier molecular flexibility index (Phi) is 3.61. The van der Waals surface area contributed by atoms with Crippen molar-refractivity contribution in [2.24, 2.45) is 0 Å². The Morgan fingerprint density at radius 2 is 1.80 bits per heavy atom. The first-order valence-electron chi connectivity index (χ1n) is 5.45. The van der Waals surface area contributed by atoms with E-state index in [0.29, 0.717) is 5.56 Å². The fourth-order valence-electron chi connectivity index (χ4n) is 1.71. The van der Waals surface area contributed by atoms with Crippen LogP contribution in [0.15, 0.2) is 42.5 Å². The maximum absolute atomic E-state index is 13.2. The molecule has 0 amide bonds. The van der Waals surface area contributed by atoms with Gasteiger partial charge in [0.25, 0.3) is 0 Å². The number of rotatable bonds is 2. The van der Waals surface area contributed by atoms with Crippen molar-refractivity contribution in [1.29, 1.82) is 5.26 Å². The molecule has 0 fully saturated rings. The predicted octanol–water partition coefficient (Wildman–Crippen LogP) is 4.26. The second-order valence-electron chi connectivity index (χ2n) is 3.88. The minimum atomic E-state index is -4.83. The molecule has 0 aliphatic rings. The van der Waals surface area contributed by atoms with Crippen LogP contribution in [-0.4, -0.2) is 6.36 Å². The van der Waals surface area contributed by atoms with Gasteiger partial charge in [-0.05, 0) is 35.9 Å². The van der Waals surface area contributed by atoms with Gasteiger partial charge >= 0.3 is 6.36 Å². The van der Waals surface area contributed by atoms with Crippen LogP contribution >= 0.6 is 0 Å². The van der Waals surface area contributed by atoms with Crippen molar-refractivity contribution in [2.75, 3.05) is 0 Å². The second kappa shape index (κ2) is 5.21. The van der Waals surface area contributed by atoms with Gasteiger partial charge in [-0.25, -0.2) is 4.39 Å². The van der Waals surface area contributed by atoms with E-state index in [1.807, 2.05) is 6.07 Å². The highest BCUT2D eigenvalue weighted by Gasteiger charge is 2.31. The molecule has 2 aromatic rings. The van der Waals surface area contributed by atoms with Crippen molar-refractivity contribution < 1.29 is 22.3 Å². The number of ether oxygens (including phenoxy) is 1. The maximum atomic E-state index is 13.2. The molecule has 0 saturated carbocycles. The van der Waals surface area contributed by atoms with Gasteiger partial charge in [-0.15, -0.1) is 13.2 Å². The number of halogens is 4. The fourth-order valence-corrected chi connectivity index (χ4v) is 1.71. The molecular weight excluding hydrogens is 274 g/mol. The van der Waals surface area contributed by atoms with Crippen molar-refractivity contribution in [3.8, 4) is 22.9 Å². The molecular formula is C14H7F4NO. The van der Waals surface area contributed by atoms with Crippen LogP contribution in [-0.2, 0) is 0 Å². The molecule has 0 N–H and O–H groups in total.